The Morgan fingerprint density at radius 2 is 1.25 bits per heavy atom. The van der Waals surface area contributed by atoms with E-state index in [0.717, 1.165) is 10.8 Å². The maximum atomic E-state index is 10.1. The summed E-state index contributed by atoms with van der Waals surface area (Å²) in [7, 11) is 0. The van der Waals surface area contributed by atoms with E-state index >= 15 is 0 Å². The van der Waals surface area contributed by atoms with Gasteiger partial charge in [-0.15, -0.1) is 0 Å². The van der Waals surface area contributed by atoms with Crippen molar-refractivity contribution >= 4 is 22.2 Å². The molecule has 0 aliphatic rings. The molecule has 0 fully saturated rings. The molecule has 6 heteroatoms. The predicted molar refractivity (Wildman–Crippen MR) is 51.3 cm³/mol. The van der Waals surface area contributed by atoms with Crippen LogP contribution in [-0.2, 0) is 31.3 Å². The van der Waals surface area contributed by atoms with E-state index in [2.05, 4.69) is 35.9 Å². The molecular formula is C10H5BrCrO4. The van der Waals surface area contributed by atoms with Gasteiger partial charge in [-0.2, -0.15) is 0 Å². The van der Waals surface area contributed by atoms with Crippen molar-refractivity contribution in [3.8, 4) is 0 Å². The van der Waals surface area contributed by atoms with E-state index in [0.29, 0.717) is 5.56 Å². The minimum Gasteiger partial charge on any atom is 0 e. The molecule has 0 aliphatic heterocycles. The molecule has 82 valence electrons. The van der Waals surface area contributed by atoms with Crippen molar-refractivity contribution in [2.45, 2.75) is 0 Å². The number of rotatable bonds is 1. The Balaban J connectivity index is -0.0000000900. The van der Waals surface area contributed by atoms with Crippen LogP contribution in [0.1, 0.15) is 10.4 Å². The molecule has 1 aromatic carbocycles. The van der Waals surface area contributed by atoms with Crippen molar-refractivity contribution in [2.75, 3.05) is 0 Å². The molecule has 0 heterocycles. The van der Waals surface area contributed by atoms with E-state index in [9.17, 15) is 4.79 Å². The quantitative estimate of drug-likeness (QED) is 0.443. The second-order valence-corrected chi connectivity index (χ2v) is 2.59. The van der Waals surface area contributed by atoms with Crippen LogP contribution < -0.4 is 0 Å². The third-order valence-corrected chi connectivity index (χ3v) is 1.53. The van der Waals surface area contributed by atoms with Crippen LogP contribution in [0.15, 0.2) is 28.7 Å². The molecular weight excluding hydrogens is 316 g/mol. The predicted octanol–water partition coefficient (Wildman–Crippen LogP) is 2.15. The summed E-state index contributed by atoms with van der Waals surface area (Å²) in [5.74, 6) is 0. The second-order valence-electron chi connectivity index (χ2n) is 1.67. The molecule has 0 unspecified atom stereocenters. The minimum atomic E-state index is 0. The van der Waals surface area contributed by atoms with Crippen LogP contribution in [0.3, 0.4) is 0 Å². The second kappa shape index (κ2) is 23.7. The molecule has 4 nitrogen and oxygen atoms in total. The molecule has 1 rings (SSSR count). The molecule has 0 spiro atoms. The van der Waals surface area contributed by atoms with Gasteiger partial charge >= 0.3 is 33.9 Å². The Morgan fingerprint density at radius 3 is 1.50 bits per heavy atom. The summed E-state index contributed by atoms with van der Waals surface area (Å²) < 4.78 is 23.5. The summed E-state index contributed by atoms with van der Waals surface area (Å²) in [6.07, 6.45) is 0.826. The molecule has 0 amide bonds. The summed E-state index contributed by atoms with van der Waals surface area (Å²) >= 11 is 3.26. The fourth-order valence-corrected chi connectivity index (χ4v) is 0.806. The van der Waals surface area contributed by atoms with Gasteiger partial charge in [-0.25, -0.2) is 0 Å². The van der Waals surface area contributed by atoms with E-state index in [4.69, 9.17) is 14.0 Å². The monoisotopic (exact) mass is 320 g/mol. The Morgan fingerprint density at radius 1 is 0.938 bits per heavy atom. The smallest absolute Gasteiger partial charge is 0 e. The first kappa shape index (κ1) is 24.4. The Labute approximate surface area is 112 Å². The number of aldehydes is 1. The average molecular weight is 321 g/mol. The summed E-state index contributed by atoms with van der Waals surface area (Å²) in [5.41, 5.74) is 0.707. The molecule has 0 atom stereocenters. The molecule has 0 aliphatic carbocycles. The zero-order valence-corrected chi connectivity index (χ0v) is 10.7. The van der Waals surface area contributed by atoms with E-state index < -0.39 is 0 Å². The largest absolute Gasteiger partial charge is 0 e. The van der Waals surface area contributed by atoms with Crippen molar-refractivity contribution in [3.63, 3.8) is 0 Å². The van der Waals surface area contributed by atoms with Gasteiger partial charge in [0.15, 0.2) is 0 Å². The van der Waals surface area contributed by atoms with Crippen LogP contribution in [0.5, 0.6) is 0 Å². The van der Waals surface area contributed by atoms with Crippen LogP contribution in [0.2, 0.25) is 0 Å². The Hall–Kier alpha value is -0.878. The summed E-state index contributed by atoms with van der Waals surface area (Å²) in [6, 6.07) is 7.20. The number of hydrogen-bond acceptors (Lipinski definition) is 1. The van der Waals surface area contributed by atoms with Crippen LogP contribution >= 0.6 is 15.9 Å². The van der Waals surface area contributed by atoms with Crippen LogP contribution in [0.4, 0.5) is 0 Å². The molecule has 1 aromatic rings. The summed E-state index contributed by atoms with van der Waals surface area (Å²) in [5, 5.41) is 0. The van der Waals surface area contributed by atoms with Gasteiger partial charge in [0.2, 0.25) is 0 Å². The van der Waals surface area contributed by atoms with Gasteiger partial charge in [0.25, 0.3) is 0 Å². The Bertz CT molecular complexity index is 302. The first-order valence-electron chi connectivity index (χ1n) is 3.15. The molecule has 0 bridgehead atoms. The molecule has 0 N–H and O–H groups in total. The van der Waals surface area contributed by atoms with Crippen LogP contribution in [0, 0.1) is 20.0 Å². The van der Waals surface area contributed by atoms with Crippen molar-refractivity contribution in [3.05, 3.63) is 54.3 Å². The normalized spacial score (nSPS) is 5.44. The number of carbonyl (C=O) groups excluding carboxylic acids is 1. The van der Waals surface area contributed by atoms with E-state index in [1.807, 2.05) is 12.1 Å². The van der Waals surface area contributed by atoms with Gasteiger partial charge in [0.1, 0.15) is 6.29 Å². The third kappa shape index (κ3) is 15.6. The molecule has 0 saturated heterocycles. The van der Waals surface area contributed by atoms with Gasteiger partial charge < -0.3 is 0 Å². The van der Waals surface area contributed by atoms with Crippen LogP contribution in [0.25, 0.3) is 0 Å². The maximum Gasteiger partial charge on any atom is 0 e. The fraction of sp³-hybridized carbons (Fsp3) is 0. The van der Waals surface area contributed by atoms with Crippen molar-refractivity contribution in [1.82, 2.24) is 0 Å². The summed E-state index contributed by atoms with van der Waals surface area (Å²) in [6.45, 7) is 13.5. The zero-order valence-electron chi connectivity index (χ0n) is 7.81. The maximum absolute atomic E-state index is 10.1. The first-order chi connectivity index (χ1) is 7.33. The van der Waals surface area contributed by atoms with E-state index in [1.165, 1.54) is 0 Å². The number of benzene rings is 1. The van der Waals surface area contributed by atoms with Gasteiger partial charge in [-0.1, -0.05) is 28.1 Å². The van der Waals surface area contributed by atoms with Crippen molar-refractivity contribution < 1.29 is 36.1 Å². The minimum absolute atomic E-state index is 0. The first-order valence-corrected chi connectivity index (χ1v) is 3.94. The fourth-order valence-electron chi connectivity index (χ4n) is 0.541. The zero-order chi connectivity index (χ0) is 12.7. The number of hydrogen-bond donors (Lipinski definition) is 0. The van der Waals surface area contributed by atoms with Crippen molar-refractivity contribution in [1.29, 1.82) is 0 Å². The van der Waals surface area contributed by atoms with E-state index in [1.54, 1.807) is 12.1 Å². The SMILES string of the molecule is O=Cc1ccc(Br)cc1.[C-]#[O+].[C-]#[O+].[C-]#[O+].[Cr]. The number of halogens is 1. The number of carbonyl (C=O) groups is 1. The molecule has 16 heavy (non-hydrogen) atoms. The van der Waals surface area contributed by atoms with Crippen molar-refractivity contribution in [2.24, 2.45) is 0 Å². The van der Waals surface area contributed by atoms with Gasteiger partial charge in [-0.05, 0) is 12.1 Å². The molecule has 0 saturated carbocycles. The van der Waals surface area contributed by atoms with Crippen LogP contribution in [-0.4, -0.2) is 6.29 Å². The van der Waals surface area contributed by atoms with Gasteiger partial charge in [-0.3, -0.25) is 4.79 Å². The standard InChI is InChI=1S/C7H5BrO.3CO.Cr/c8-7-3-1-6(5-9)2-4-7;3*1-2;/h1-5H;;;;. The van der Waals surface area contributed by atoms with Gasteiger partial charge in [0, 0.05) is 27.4 Å². The molecule has 0 aromatic heterocycles. The molecule has 0 radical (unpaired) electrons. The Kier molecular flexibility index (Phi) is 36.2. The third-order valence-electron chi connectivity index (χ3n) is 1.01. The average Bonchev–Trinajstić information content (AvgIpc) is 2.38. The van der Waals surface area contributed by atoms with Gasteiger partial charge in [0.05, 0.1) is 0 Å². The summed E-state index contributed by atoms with van der Waals surface area (Å²) in [4.78, 5) is 10.1. The topological polar surface area (TPSA) is 76.8 Å². The van der Waals surface area contributed by atoms with E-state index in [-0.39, 0.29) is 17.4 Å².